The zero-order valence-electron chi connectivity index (χ0n) is 10.00. The quantitative estimate of drug-likeness (QED) is 0.878. The van der Waals surface area contributed by atoms with Crippen molar-refractivity contribution in [3.63, 3.8) is 0 Å². The maximum absolute atomic E-state index is 13.7. The zero-order valence-corrected chi connectivity index (χ0v) is 10.00. The van der Waals surface area contributed by atoms with Crippen molar-refractivity contribution in [2.75, 3.05) is 19.6 Å². The highest BCUT2D eigenvalue weighted by Crippen LogP contribution is 2.28. The van der Waals surface area contributed by atoms with Crippen LogP contribution in [0.3, 0.4) is 0 Å². The van der Waals surface area contributed by atoms with Crippen molar-refractivity contribution >= 4 is 0 Å². The van der Waals surface area contributed by atoms with E-state index in [4.69, 9.17) is 5.73 Å². The molecule has 1 aliphatic heterocycles. The fourth-order valence-electron chi connectivity index (χ4n) is 2.49. The first-order chi connectivity index (χ1) is 8.11. The van der Waals surface area contributed by atoms with Crippen molar-refractivity contribution in [2.24, 2.45) is 11.7 Å². The molecule has 0 spiro atoms. The molecule has 1 aromatic rings. The van der Waals surface area contributed by atoms with Crippen LogP contribution < -0.4 is 5.73 Å². The van der Waals surface area contributed by atoms with Crippen LogP contribution in [-0.2, 0) is 0 Å². The molecule has 94 valence electrons. The molecule has 1 aliphatic rings. The standard InChI is InChI=1S/C13H18F2N2/c1-9-4-5-17(8-9)13(7-16)11-6-10(14)2-3-12(11)15/h2-3,6,9,13H,4-5,7-8,16H2,1H3. The predicted octanol–water partition coefficient (Wildman–Crippen LogP) is 2.31. The van der Waals surface area contributed by atoms with Gasteiger partial charge in [-0.05, 0) is 37.1 Å². The van der Waals surface area contributed by atoms with Crippen LogP contribution in [0.2, 0.25) is 0 Å². The van der Waals surface area contributed by atoms with Gasteiger partial charge in [0.1, 0.15) is 11.6 Å². The summed E-state index contributed by atoms with van der Waals surface area (Å²) in [5, 5.41) is 0. The summed E-state index contributed by atoms with van der Waals surface area (Å²) in [7, 11) is 0. The monoisotopic (exact) mass is 240 g/mol. The molecule has 1 fully saturated rings. The minimum Gasteiger partial charge on any atom is -0.329 e. The number of hydrogen-bond acceptors (Lipinski definition) is 2. The van der Waals surface area contributed by atoms with E-state index < -0.39 is 5.82 Å². The molecule has 1 heterocycles. The van der Waals surface area contributed by atoms with Crippen molar-refractivity contribution in [3.8, 4) is 0 Å². The Hall–Kier alpha value is -1.00. The normalized spacial score (nSPS) is 22.9. The number of nitrogens with two attached hydrogens (primary N) is 1. The Balaban J connectivity index is 2.25. The molecule has 1 saturated heterocycles. The van der Waals surface area contributed by atoms with Crippen molar-refractivity contribution < 1.29 is 8.78 Å². The highest BCUT2D eigenvalue weighted by Gasteiger charge is 2.27. The molecule has 2 atom stereocenters. The van der Waals surface area contributed by atoms with Crippen molar-refractivity contribution in [3.05, 3.63) is 35.4 Å². The van der Waals surface area contributed by atoms with Gasteiger partial charge in [0.15, 0.2) is 0 Å². The van der Waals surface area contributed by atoms with Gasteiger partial charge >= 0.3 is 0 Å². The maximum Gasteiger partial charge on any atom is 0.128 e. The van der Waals surface area contributed by atoms with E-state index in [9.17, 15) is 8.78 Å². The first-order valence-electron chi connectivity index (χ1n) is 6.01. The molecule has 2 N–H and O–H groups in total. The Morgan fingerprint density at radius 3 is 2.82 bits per heavy atom. The van der Waals surface area contributed by atoms with Crippen LogP contribution in [0.1, 0.15) is 24.9 Å². The van der Waals surface area contributed by atoms with Gasteiger partial charge in [0.25, 0.3) is 0 Å². The molecule has 0 bridgehead atoms. The molecule has 17 heavy (non-hydrogen) atoms. The van der Waals surface area contributed by atoms with Gasteiger partial charge in [-0.25, -0.2) is 8.78 Å². The van der Waals surface area contributed by atoms with E-state index in [1.165, 1.54) is 12.1 Å². The zero-order chi connectivity index (χ0) is 12.4. The topological polar surface area (TPSA) is 29.3 Å². The van der Waals surface area contributed by atoms with Gasteiger partial charge in [-0.3, -0.25) is 4.90 Å². The maximum atomic E-state index is 13.7. The average Bonchev–Trinajstić information content (AvgIpc) is 2.71. The number of benzene rings is 1. The van der Waals surface area contributed by atoms with Crippen LogP contribution >= 0.6 is 0 Å². The van der Waals surface area contributed by atoms with Crippen LogP contribution in [0, 0.1) is 17.6 Å². The van der Waals surface area contributed by atoms with Gasteiger partial charge < -0.3 is 5.73 Å². The highest BCUT2D eigenvalue weighted by molar-refractivity contribution is 5.23. The lowest BCUT2D eigenvalue weighted by Gasteiger charge is -2.27. The second-order valence-corrected chi connectivity index (χ2v) is 4.81. The Kier molecular flexibility index (Phi) is 3.74. The van der Waals surface area contributed by atoms with Crippen LogP contribution in [-0.4, -0.2) is 24.5 Å². The molecule has 0 aromatic heterocycles. The van der Waals surface area contributed by atoms with Gasteiger partial charge in [0.2, 0.25) is 0 Å². The lowest BCUT2D eigenvalue weighted by atomic mass is 10.0. The van der Waals surface area contributed by atoms with E-state index in [2.05, 4.69) is 11.8 Å². The number of halogens is 2. The lowest BCUT2D eigenvalue weighted by Crippen LogP contribution is -2.32. The first kappa shape index (κ1) is 12.5. The van der Waals surface area contributed by atoms with Crippen molar-refractivity contribution in [1.82, 2.24) is 4.90 Å². The van der Waals surface area contributed by atoms with Crippen molar-refractivity contribution in [1.29, 1.82) is 0 Å². The Morgan fingerprint density at radius 1 is 1.47 bits per heavy atom. The van der Waals surface area contributed by atoms with Gasteiger partial charge in [-0.1, -0.05) is 6.92 Å². The molecular formula is C13H18F2N2. The summed E-state index contributed by atoms with van der Waals surface area (Å²) in [6.45, 7) is 4.28. The lowest BCUT2D eigenvalue weighted by molar-refractivity contribution is 0.238. The summed E-state index contributed by atoms with van der Waals surface area (Å²) < 4.78 is 26.9. The van der Waals surface area contributed by atoms with Crippen LogP contribution in [0.5, 0.6) is 0 Å². The number of nitrogens with zero attached hydrogens (tertiary/aromatic N) is 1. The Labute approximate surface area is 100 Å². The number of likely N-dealkylation sites (tertiary alicyclic amines) is 1. The molecule has 0 radical (unpaired) electrons. The molecular weight excluding hydrogens is 222 g/mol. The molecule has 2 nitrogen and oxygen atoms in total. The van der Waals surface area contributed by atoms with Gasteiger partial charge in [-0.2, -0.15) is 0 Å². The van der Waals surface area contributed by atoms with Gasteiger partial charge in [0.05, 0.1) is 6.04 Å². The molecule has 2 rings (SSSR count). The molecule has 1 aromatic carbocycles. The van der Waals surface area contributed by atoms with Crippen molar-refractivity contribution in [2.45, 2.75) is 19.4 Å². The van der Waals surface area contributed by atoms with Crippen LogP contribution in [0.4, 0.5) is 8.78 Å². The fraction of sp³-hybridized carbons (Fsp3) is 0.538. The molecule has 0 amide bonds. The fourth-order valence-corrected chi connectivity index (χ4v) is 2.49. The minimum absolute atomic E-state index is 0.212. The van der Waals surface area contributed by atoms with Gasteiger partial charge in [0, 0.05) is 18.7 Å². The van der Waals surface area contributed by atoms with Crippen LogP contribution in [0.25, 0.3) is 0 Å². The summed E-state index contributed by atoms with van der Waals surface area (Å²) in [6.07, 6.45) is 1.09. The molecule has 0 aliphatic carbocycles. The number of hydrogen-bond donors (Lipinski definition) is 1. The summed E-state index contributed by atoms with van der Waals surface area (Å²) in [5.41, 5.74) is 6.09. The number of rotatable bonds is 3. The van der Waals surface area contributed by atoms with Gasteiger partial charge in [-0.15, -0.1) is 0 Å². The SMILES string of the molecule is CC1CCN(C(CN)c2cc(F)ccc2F)C1. The molecule has 4 heteroatoms. The largest absolute Gasteiger partial charge is 0.329 e. The summed E-state index contributed by atoms with van der Waals surface area (Å²) in [6, 6.07) is 3.36. The summed E-state index contributed by atoms with van der Waals surface area (Å²) in [4.78, 5) is 2.14. The second kappa shape index (κ2) is 5.10. The third-order valence-electron chi connectivity index (χ3n) is 3.44. The third kappa shape index (κ3) is 2.64. The van der Waals surface area contributed by atoms with E-state index in [0.29, 0.717) is 18.0 Å². The van der Waals surface area contributed by atoms with E-state index in [1.54, 1.807) is 0 Å². The van der Waals surface area contributed by atoms with E-state index in [-0.39, 0.29) is 11.9 Å². The first-order valence-corrected chi connectivity index (χ1v) is 6.01. The third-order valence-corrected chi connectivity index (χ3v) is 3.44. The van der Waals surface area contributed by atoms with E-state index >= 15 is 0 Å². The Morgan fingerprint density at radius 2 is 2.24 bits per heavy atom. The summed E-state index contributed by atoms with van der Waals surface area (Å²) in [5.74, 6) is -0.186. The minimum atomic E-state index is -0.410. The van der Waals surface area contributed by atoms with E-state index in [0.717, 1.165) is 25.6 Å². The molecule has 0 saturated carbocycles. The highest BCUT2D eigenvalue weighted by atomic mass is 19.1. The second-order valence-electron chi connectivity index (χ2n) is 4.81. The predicted molar refractivity (Wildman–Crippen MR) is 63.5 cm³/mol. The van der Waals surface area contributed by atoms with Crippen LogP contribution in [0.15, 0.2) is 18.2 Å². The Bertz CT molecular complexity index is 395. The smallest absolute Gasteiger partial charge is 0.128 e. The van der Waals surface area contributed by atoms with E-state index in [1.807, 2.05) is 0 Å². The molecule has 2 unspecified atom stereocenters. The summed E-state index contributed by atoms with van der Waals surface area (Å²) >= 11 is 0. The average molecular weight is 240 g/mol.